The highest BCUT2D eigenvalue weighted by atomic mass is 16.5. The maximum Gasteiger partial charge on any atom is 0.191 e. The average Bonchev–Trinajstić information content (AvgIpc) is 2.59. The Morgan fingerprint density at radius 3 is 2.50 bits per heavy atom. The molecule has 0 bridgehead atoms. The van der Waals surface area contributed by atoms with Crippen LogP contribution >= 0.6 is 0 Å². The van der Waals surface area contributed by atoms with E-state index in [9.17, 15) is 9.59 Å². The molecule has 2 atom stereocenters. The Hall–Kier alpha value is -2.04. The summed E-state index contributed by atoms with van der Waals surface area (Å²) >= 11 is 0. The zero-order valence-corrected chi connectivity index (χ0v) is 14.6. The fraction of sp³-hybridized carbons (Fsp3) is 0.400. The maximum absolute atomic E-state index is 12.5. The first-order chi connectivity index (χ1) is 11.4. The van der Waals surface area contributed by atoms with Crippen molar-refractivity contribution in [2.24, 2.45) is 0 Å². The van der Waals surface area contributed by atoms with E-state index in [1.807, 2.05) is 0 Å². The molecule has 3 aliphatic rings. The van der Waals surface area contributed by atoms with Gasteiger partial charge in [-0.1, -0.05) is 18.7 Å². The molecule has 0 amide bonds. The third-order valence-electron chi connectivity index (χ3n) is 5.67. The average molecular weight is 326 g/mol. The number of methoxy groups -OCH3 is 2. The molecule has 0 saturated heterocycles. The number of carbonyl (C=O) groups excluding carboxylic acids is 2. The lowest BCUT2D eigenvalue weighted by Crippen LogP contribution is -2.48. The minimum atomic E-state index is -0.988. The molecular formula is C20H22O4. The van der Waals surface area contributed by atoms with Gasteiger partial charge in [0.25, 0.3) is 0 Å². The zero-order valence-electron chi connectivity index (χ0n) is 14.6. The molecule has 3 aliphatic carbocycles. The van der Waals surface area contributed by atoms with E-state index in [0.717, 1.165) is 22.3 Å². The number of allylic oxidation sites excluding steroid dienone is 3. The molecule has 0 aromatic heterocycles. The Morgan fingerprint density at radius 1 is 1.21 bits per heavy atom. The van der Waals surface area contributed by atoms with E-state index in [0.29, 0.717) is 18.4 Å². The maximum atomic E-state index is 12.5. The number of hydrogen-bond donors (Lipinski definition) is 0. The first kappa shape index (κ1) is 16.8. The van der Waals surface area contributed by atoms with Crippen molar-refractivity contribution in [1.29, 1.82) is 0 Å². The molecule has 0 aliphatic heterocycles. The standard InChI is InChI=1S/C20H22O4/c1-6-14-12(2)17(21)11-16-13-7-8-18(22)19(3,23-4)15(13)9-10-20(14,16)24-5/h6-8,11H,1,9-10H2,2-5H3/t19-,20-/m0/s1. The predicted molar refractivity (Wildman–Crippen MR) is 91.5 cm³/mol. The molecule has 3 rings (SSSR count). The van der Waals surface area contributed by atoms with Gasteiger partial charge in [-0.25, -0.2) is 0 Å². The Labute approximate surface area is 142 Å². The van der Waals surface area contributed by atoms with E-state index >= 15 is 0 Å². The summed E-state index contributed by atoms with van der Waals surface area (Å²) in [5.74, 6) is -0.127. The van der Waals surface area contributed by atoms with Crippen LogP contribution in [0.4, 0.5) is 0 Å². The number of carbonyl (C=O) groups is 2. The molecule has 0 saturated carbocycles. The van der Waals surface area contributed by atoms with Gasteiger partial charge in [0.15, 0.2) is 11.6 Å². The molecule has 0 heterocycles. The number of fused-ring (bicyclic) bond motifs is 2. The highest BCUT2D eigenvalue weighted by Gasteiger charge is 2.50. The summed E-state index contributed by atoms with van der Waals surface area (Å²) in [5.41, 5.74) is 2.35. The summed E-state index contributed by atoms with van der Waals surface area (Å²) in [4.78, 5) is 24.8. The predicted octanol–water partition coefficient (Wildman–Crippen LogP) is 3.02. The fourth-order valence-corrected chi connectivity index (χ4v) is 4.12. The van der Waals surface area contributed by atoms with Gasteiger partial charge in [0.05, 0.1) is 0 Å². The third kappa shape index (κ3) is 1.93. The van der Waals surface area contributed by atoms with E-state index in [2.05, 4.69) is 6.58 Å². The van der Waals surface area contributed by atoms with Crippen molar-refractivity contribution in [2.45, 2.75) is 37.9 Å². The second-order valence-corrected chi connectivity index (χ2v) is 6.52. The Bertz CT molecular complexity index is 777. The van der Waals surface area contributed by atoms with Crippen molar-refractivity contribution in [3.05, 3.63) is 58.7 Å². The largest absolute Gasteiger partial charge is 0.369 e. The molecule has 0 aromatic carbocycles. The molecule has 126 valence electrons. The van der Waals surface area contributed by atoms with Gasteiger partial charge in [-0.3, -0.25) is 9.59 Å². The van der Waals surface area contributed by atoms with Gasteiger partial charge >= 0.3 is 0 Å². The summed E-state index contributed by atoms with van der Waals surface area (Å²) in [6.07, 6.45) is 7.95. The first-order valence-corrected chi connectivity index (χ1v) is 8.03. The van der Waals surface area contributed by atoms with Crippen molar-refractivity contribution in [2.75, 3.05) is 14.2 Å². The van der Waals surface area contributed by atoms with Crippen molar-refractivity contribution in [1.82, 2.24) is 0 Å². The lowest BCUT2D eigenvalue weighted by atomic mass is 9.63. The molecule has 0 unspecified atom stereocenters. The second-order valence-electron chi connectivity index (χ2n) is 6.52. The molecule has 0 fully saturated rings. The quantitative estimate of drug-likeness (QED) is 0.800. The van der Waals surface area contributed by atoms with Gasteiger partial charge in [-0.05, 0) is 61.1 Å². The molecule has 4 nitrogen and oxygen atoms in total. The van der Waals surface area contributed by atoms with Crippen LogP contribution in [0.5, 0.6) is 0 Å². The van der Waals surface area contributed by atoms with Gasteiger partial charge < -0.3 is 9.47 Å². The Morgan fingerprint density at radius 2 is 1.92 bits per heavy atom. The Kier molecular flexibility index (Phi) is 3.85. The van der Waals surface area contributed by atoms with Crippen molar-refractivity contribution in [3.63, 3.8) is 0 Å². The van der Waals surface area contributed by atoms with Crippen LogP contribution in [0.3, 0.4) is 0 Å². The van der Waals surface area contributed by atoms with Crippen LogP contribution in [0.15, 0.2) is 58.7 Å². The van der Waals surface area contributed by atoms with E-state index < -0.39 is 11.2 Å². The van der Waals surface area contributed by atoms with Crippen molar-refractivity contribution >= 4 is 11.6 Å². The summed E-state index contributed by atoms with van der Waals surface area (Å²) in [7, 11) is 3.19. The van der Waals surface area contributed by atoms with Crippen LogP contribution in [-0.2, 0) is 19.1 Å². The normalized spacial score (nSPS) is 32.6. The van der Waals surface area contributed by atoms with Crippen molar-refractivity contribution < 1.29 is 19.1 Å². The number of ether oxygens (including phenoxy) is 2. The monoisotopic (exact) mass is 326 g/mol. The van der Waals surface area contributed by atoms with Gasteiger partial charge in [0.1, 0.15) is 11.2 Å². The minimum absolute atomic E-state index is 0.0502. The molecule has 0 radical (unpaired) electrons. The van der Waals surface area contributed by atoms with Crippen LogP contribution in [0, 0.1) is 0 Å². The van der Waals surface area contributed by atoms with E-state index in [4.69, 9.17) is 9.47 Å². The SMILES string of the molecule is C=CC1=C(C)C(=O)C=C2C3=C(CC[C@@]21OC)[C@](C)(OC)C(=O)C=C3. The second kappa shape index (κ2) is 5.50. The number of ketones is 2. The molecule has 0 aromatic rings. The van der Waals surface area contributed by atoms with Crippen LogP contribution in [0.2, 0.25) is 0 Å². The van der Waals surface area contributed by atoms with Gasteiger partial charge in [-0.2, -0.15) is 0 Å². The lowest BCUT2D eigenvalue weighted by Gasteiger charge is -2.47. The van der Waals surface area contributed by atoms with Crippen LogP contribution in [0.25, 0.3) is 0 Å². The number of hydrogen-bond acceptors (Lipinski definition) is 4. The zero-order chi connectivity index (χ0) is 17.7. The van der Waals surface area contributed by atoms with Crippen molar-refractivity contribution in [3.8, 4) is 0 Å². The summed E-state index contributed by atoms with van der Waals surface area (Å²) < 4.78 is 11.5. The topological polar surface area (TPSA) is 52.6 Å². The minimum Gasteiger partial charge on any atom is -0.369 e. The molecule has 24 heavy (non-hydrogen) atoms. The molecule has 4 heteroatoms. The van der Waals surface area contributed by atoms with Crippen LogP contribution < -0.4 is 0 Å². The lowest BCUT2D eigenvalue weighted by molar-refractivity contribution is -0.130. The van der Waals surface area contributed by atoms with E-state index in [1.54, 1.807) is 46.3 Å². The molecular weight excluding hydrogens is 304 g/mol. The first-order valence-electron chi connectivity index (χ1n) is 8.03. The summed E-state index contributed by atoms with van der Waals surface area (Å²) in [5, 5.41) is 0. The fourth-order valence-electron chi connectivity index (χ4n) is 4.12. The molecule has 0 spiro atoms. The van der Waals surface area contributed by atoms with Crippen LogP contribution in [0.1, 0.15) is 26.7 Å². The molecule has 0 N–H and O–H groups in total. The smallest absolute Gasteiger partial charge is 0.191 e. The highest BCUT2D eigenvalue weighted by Crippen LogP contribution is 2.51. The third-order valence-corrected chi connectivity index (χ3v) is 5.67. The Balaban J connectivity index is 2.27. The van der Waals surface area contributed by atoms with Gasteiger partial charge in [0, 0.05) is 19.8 Å². The summed E-state index contributed by atoms with van der Waals surface area (Å²) in [6.45, 7) is 7.47. The number of rotatable bonds is 3. The highest BCUT2D eigenvalue weighted by molar-refractivity contribution is 6.09. The van der Waals surface area contributed by atoms with E-state index in [-0.39, 0.29) is 11.6 Å². The summed E-state index contributed by atoms with van der Waals surface area (Å²) in [6, 6.07) is 0. The van der Waals surface area contributed by atoms with Gasteiger partial charge in [-0.15, -0.1) is 0 Å². The van der Waals surface area contributed by atoms with Gasteiger partial charge in [0.2, 0.25) is 0 Å². The van der Waals surface area contributed by atoms with E-state index in [1.165, 1.54) is 6.08 Å². The van der Waals surface area contributed by atoms with Crippen LogP contribution in [-0.4, -0.2) is 37.0 Å².